The molecule has 0 saturated carbocycles. The molecule has 1 aromatic heterocycles. The Labute approximate surface area is 140 Å². The molecule has 0 aliphatic heterocycles. The topological polar surface area (TPSA) is 68.9 Å². The maximum atomic E-state index is 11.8. The van der Waals surface area contributed by atoms with Crippen molar-refractivity contribution in [2.45, 2.75) is 71.9 Å². The van der Waals surface area contributed by atoms with Gasteiger partial charge in [-0.15, -0.1) is 0 Å². The summed E-state index contributed by atoms with van der Waals surface area (Å²) < 4.78 is 16.7. The average Bonchev–Trinajstić information content (AvgIpc) is 2.78. The van der Waals surface area contributed by atoms with Crippen LogP contribution in [0.25, 0.3) is 0 Å². The fourth-order valence-electron chi connectivity index (χ4n) is 2.00. The minimum absolute atomic E-state index is 0.0517. The Hall–Kier alpha value is -1.11. The van der Waals surface area contributed by atoms with E-state index in [1.165, 1.54) is 0 Å². The molecule has 6 heteroatoms. The third-order valence-corrected chi connectivity index (χ3v) is 9.03. The maximum absolute atomic E-state index is 11.8. The van der Waals surface area contributed by atoms with Gasteiger partial charge in [0.1, 0.15) is 23.2 Å². The Bertz CT molecular complexity index is 542. The van der Waals surface area contributed by atoms with Gasteiger partial charge in [-0.2, -0.15) is 0 Å². The Balaban J connectivity index is 2.91. The summed E-state index contributed by atoms with van der Waals surface area (Å²) in [6.07, 6.45) is -1.34. The van der Waals surface area contributed by atoms with Gasteiger partial charge in [0, 0.05) is 0 Å². The van der Waals surface area contributed by atoms with Gasteiger partial charge in [-0.3, -0.25) is 0 Å². The van der Waals surface area contributed by atoms with Gasteiger partial charge in [0.15, 0.2) is 8.32 Å². The molecule has 0 aliphatic rings. The third-order valence-electron chi connectivity index (χ3n) is 4.46. The lowest BCUT2D eigenvalue weighted by Crippen LogP contribution is -2.44. The number of ether oxygens (including phenoxy) is 1. The molecule has 2 atom stereocenters. The summed E-state index contributed by atoms with van der Waals surface area (Å²) in [5.74, 6) is 0.332. The van der Waals surface area contributed by atoms with Crippen LogP contribution >= 0.6 is 0 Å². The smallest absolute Gasteiger partial charge is 0.341 e. The predicted molar refractivity (Wildman–Crippen MR) is 92.1 cm³/mol. The van der Waals surface area contributed by atoms with Crippen molar-refractivity contribution in [2.24, 2.45) is 0 Å². The van der Waals surface area contributed by atoms with Crippen molar-refractivity contribution in [1.29, 1.82) is 0 Å². The standard InChI is InChI=1S/C17H30O5Si/c1-9-20-16(19)13-10-14(21-11(13)2)15(18)12(3)22-23(7,8)17(4,5)6/h10,12,15,18H,9H2,1-8H3/t12-,15+/m0/s1. The van der Waals surface area contributed by atoms with E-state index in [9.17, 15) is 9.90 Å². The number of rotatable bonds is 6. The summed E-state index contributed by atoms with van der Waals surface area (Å²) in [4.78, 5) is 11.8. The molecule has 0 aliphatic carbocycles. The molecule has 1 heterocycles. The van der Waals surface area contributed by atoms with E-state index in [4.69, 9.17) is 13.6 Å². The van der Waals surface area contributed by atoms with Crippen LogP contribution in [0.2, 0.25) is 18.1 Å². The second-order valence-corrected chi connectivity index (χ2v) is 12.1. The molecule has 1 rings (SSSR count). The van der Waals surface area contributed by atoms with Crippen LogP contribution in [0, 0.1) is 6.92 Å². The van der Waals surface area contributed by atoms with Crippen LogP contribution in [0.15, 0.2) is 10.5 Å². The third kappa shape index (κ3) is 4.68. The van der Waals surface area contributed by atoms with Crippen molar-refractivity contribution in [3.05, 3.63) is 23.2 Å². The van der Waals surface area contributed by atoms with Crippen molar-refractivity contribution in [1.82, 2.24) is 0 Å². The molecule has 0 radical (unpaired) electrons. The first-order chi connectivity index (χ1) is 10.4. The zero-order chi connectivity index (χ0) is 18.0. The van der Waals surface area contributed by atoms with Gasteiger partial charge in [0.05, 0.1) is 12.7 Å². The average molecular weight is 343 g/mol. The summed E-state index contributed by atoms with van der Waals surface area (Å²) in [5.41, 5.74) is 0.348. The molecular formula is C17H30O5Si. The van der Waals surface area contributed by atoms with Gasteiger partial charge in [0.2, 0.25) is 0 Å². The van der Waals surface area contributed by atoms with Crippen LogP contribution in [-0.4, -0.2) is 32.1 Å². The number of furan rings is 1. The highest BCUT2D eigenvalue weighted by Crippen LogP contribution is 2.39. The SMILES string of the molecule is CCOC(=O)c1cc([C@H](O)[C@H](C)O[Si](C)(C)C(C)(C)C)oc1C. The van der Waals surface area contributed by atoms with Crippen molar-refractivity contribution >= 4 is 14.3 Å². The van der Waals surface area contributed by atoms with E-state index in [2.05, 4.69) is 33.9 Å². The van der Waals surface area contributed by atoms with Gasteiger partial charge in [0.25, 0.3) is 0 Å². The van der Waals surface area contributed by atoms with Gasteiger partial charge in [-0.05, 0) is 45.0 Å². The van der Waals surface area contributed by atoms with E-state index in [1.807, 2.05) is 6.92 Å². The van der Waals surface area contributed by atoms with Gasteiger partial charge in [-0.25, -0.2) is 4.79 Å². The summed E-state index contributed by atoms with van der Waals surface area (Å²) in [6, 6.07) is 1.55. The predicted octanol–water partition coefficient (Wildman–Crippen LogP) is 4.21. The molecule has 23 heavy (non-hydrogen) atoms. The van der Waals surface area contributed by atoms with E-state index < -0.39 is 26.5 Å². The van der Waals surface area contributed by atoms with Gasteiger partial charge >= 0.3 is 5.97 Å². The largest absolute Gasteiger partial charge is 0.463 e. The van der Waals surface area contributed by atoms with Crippen LogP contribution in [0.5, 0.6) is 0 Å². The Morgan fingerprint density at radius 1 is 1.39 bits per heavy atom. The molecule has 0 unspecified atom stereocenters. The number of aliphatic hydroxyl groups excluding tert-OH is 1. The van der Waals surface area contributed by atoms with Crippen LogP contribution in [0.1, 0.15) is 62.6 Å². The maximum Gasteiger partial charge on any atom is 0.341 e. The van der Waals surface area contributed by atoms with Gasteiger partial charge < -0.3 is 18.7 Å². The monoisotopic (exact) mass is 342 g/mol. The fraction of sp³-hybridized carbons (Fsp3) is 0.706. The van der Waals surface area contributed by atoms with E-state index in [1.54, 1.807) is 19.9 Å². The molecule has 0 fully saturated rings. The lowest BCUT2D eigenvalue weighted by Gasteiger charge is -2.39. The second-order valence-electron chi connectivity index (χ2n) is 7.37. The molecule has 0 amide bonds. The molecule has 0 spiro atoms. The highest BCUT2D eigenvalue weighted by atomic mass is 28.4. The van der Waals surface area contributed by atoms with Gasteiger partial charge in [-0.1, -0.05) is 20.8 Å². The minimum Gasteiger partial charge on any atom is -0.463 e. The highest BCUT2D eigenvalue weighted by Gasteiger charge is 2.40. The van der Waals surface area contributed by atoms with E-state index in [0.29, 0.717) is 23.7 Å². The summed E-state index contributed by atoms with van der Waals surface area (Å²) in [6.45, 7) is 16.3. The highest BCUT2D eigenvalue weighted by molar-refractivity contribution is 6.74. The molecule has 1 aromatic rings. The first-order valence-electron chi connectivity index (χ1n) is 8.04. The molecule has 1 N–H and O–H groups in total. The number of carbonyl (C=O) groups excluding carboxylic acids is 1. The fourth-order valence-corrected chi connectivity index (χ4v) is 3.41. The molecule has 5 nitrogen and oxygen atoms in total. The Morgan fingerprint density at radius 3 is 2.43 bits per heavy atom. The summed E-state index contributed by atoms with van der Waals surface area (Å²) in [5, 5.41) is 10.6. The lowest BCUT2D eigenvalue weighted by atomic mass is 10.1. The number of hydrogen-bond donors (Lipinski definition) is 1. The quantitative estimate of drug-likeness (QED) is 0.619. The summed E-state index contributed by atoms with van der Waals surface area (Å²) in [7, 11) is -2.00. The van der Waals surface area contributed by atoms with Crippen molar-refractivity contribution in [3.8, 4) is 0 Å². The van der Waals surface area contributed by atoms with Crippen LogP contribution < -0.4 is 0 Å². The Kier molecular flexibility index (Phi) is 6.23. The molecular weight excluding hydrogens is 312 g/mol. The molecule has 0 bridgehead atoms. The molecule has 0 aromatic carbocycles. The Morgan fingerprint density at radius 2 is 1.96 bits per heavy atom. The first kappa shape index (κ1) is 19.9. The molecule has 0 saturated heterocycles. The number of aryl methyl sites for hydroxylation is 1. The number of aliphatic hydroxyl groups is 1. The van der Waals surface area contributed by atoms with E-state index >= 15 is 0 Å². The number of esters is 1. The van der Waals surface area contributed by atoms with Crippen LogP contribution in [0.3, 0.4) is 0 Å². The second kappa shape index (κ2) is 7.19. The normalized spacial score (nSPS) is 15.3. The number of carbonyl (C=O) groups is 1. The minimum atomic E-state index is -2.00. The van der Waals surface area contributed by atoms with Crippen LogP contribution in [-0.2, 0) is 9.16 Å². The lowest BCUT2D eigenvalue weighted by molar-refractivity contribution is 0.0236. The zero-order valence-electron chi connectivity index (χ0n) is 15.5. The molecule has 132 valence electrons. The first-order valence-corrected chi connectivity index (χ1v) is 10.9. The summed E-state index contributed by atoms with van der Waals surface area (Å²) >= 11 is 0. The van der Waals surface area contributed by atoms with Crippen molar-refractivity contribution in [2.75, 3.05) is 6.61 Å². The van der Waals surface area contributed by atoms with Crippen molar-refractivity contribution in [3.63, 3.8) is 0 Å². The van der Waals surface area contributed by atoms with E-state index in [0.717, 1.165) is 0 Å². The van der Waals surface area contributed by atoms with Crippen LogP contribution in [0.4, 0.5) is 0 Å². The number of hydrogen-bond acceptors (Lipinski definition) is 5. The van der Waals surface area contributed by atoms with E-state index in [-0.39, 0.29) is 5.04 Å². The van der Waals surface area contributed by atoms with Crippen molar-refractivity contribution < 1.29 is 23.5 Å². The zero-order valence-corrected chi connectivity index (χ0v) is 16.5.